The van der Waals surface area contributed by atoms with Gasteiger partial charge < -0.3 is 10.1 Å². The first-order valence-corrected chi connectivity index (χ1v) is 7.37. The highest BCUT2D eigenvalue weighted by Gasteiger charge is 2.14. The molecule has 0 radical (unpaired) electrons. The van der Waals surface area contributed by atoms with Crippen molar-refractivity contribution in [2.75, 3.05) is 20.7 Å². The van der Waals surface area contributed by atoms with Crippen molar-refractivity contribution >= 4 is 10.0 Å². The van der Waals surface area contributed by atoms with E-state index in [1.54, 1.807) is 18.2 Å². The molecule has 1 aromatic carbocycles. The van der Waals surface area contributed by atoms with Crippen molar-refractivity contribution in [1.82, 2.24) is 10.0 Å². The maximum absolute atomic E-state index is 11.7. The second-order valence-corrected chi connectivity index (χ2v) is 5.74. The molecule has 0 amide bonds. The minimum Gasteiger partial charge on any atom is -0.493 e. The molecule has 2 N–H and O–H groups in total. The highest BCUT2D eigenvalue weighted by atomic mass is 32.2. The van der Waals surface area contributed by atoms with Crippen molar-refractivity contribution in [2.45, 2.75) is 24.8 Å². The van der Waals surface area contributed by atoms with Crippen LogP contribution in [0, 0.1) is 0 Å². The predicted molar refractivity (Wildman–Crippen MR) is 71.2 cm³/mol. The minimum absolute atomic E-state index is 0.249. The summed E-state index contributed by atoms with van der Waals surface area (Å²) in [5.74, 6) is 0.723. The number of benzene rings is 1. The van der Waals surface area contributed by atoms with Gasteiger partial charge in [-0.25, -0.2) is 13.1 Å². The molecule has 0 fully saturated rings. The standard InChI is InChI=1S/C12H20N2O3S/c1-4-7-17-12-6-5-11(18(15,16)14-3)8-10(12)9-13-2/h5-6,8,13-14H,4,7,9H2,1-3H3. The molecule has 102 valence electrons. The Bertz CT molecular complexity index is 486. The van der Waals surface area contributed by atoms with Crippen molar-refractivity contribution in [3.63, 3.8) is 0 Å². The van der Waals surface area contributed by atoms with Gasteiger partial charge in [0.25, 0.3) is 0 Å². The zero-order chi connectivity index (χ0) is 13.6. The maximum Gasteiger partial charge on any atom is 0.240 e. The van der Waals surface area contributed by atoms with Crippen molar-refractivity contribution in [3.05, 3.63) is 23.8 Å². The van der Waals surface area contributed by atoms with Crippen molar-refractivity contribution in [1.29, 1.82) is 0 Å². The fraction of sp³-hybridized carbons (Fsp3) is 0.500. The molecule has 0 spiro atoms. The third kappa shape index (κ3) is 3.69. The van der Waals surface area contributed by atoms with E-state index in [9.17, 15) is 8.42 Å². The normalized spacial score (nSPS) is 11.5. The average molecular weight is 272 g/mol. The molecule has 0 saturated heterocycles. The van der Waals surface area contributed by atoms with E-state index in [2.05, 4.69) is 10.0 Å². The van der Waals surface area contributed by atoms with Crippen LogP contribution < -0.4 is 14.8 Å². The lowest BCUT2D eigenvalue weighted by molar-refractivity contribution is 0.313. The van der Waals surface area contributed by atoms with Gasteiger partial charge in [-0.1, -0.05) is 6.92 Å². The van der Waals surface area contributed by atoms with E-state index in [0.717, 1.165) is 17.7 Å². The zero-order valence-corrected chi connectivity index (χ0v) is 11.8. The molecular formula is C12H20N2O3S. The smallest absolute Gasteiger partial charge is 0.240 e. The molecule has 1 aromatic rings. The molecule has 6 heteroatoms. The average Bonchev–Trinajstić information content (AvgIpc) is 2.37. The van der Waals surface area contributed by atoms with E-state index in [1.807, 2.05) is 14.0 Å². The van der Waals surface area contributed by atoms with Crippen LogP contribution in [-0.2, 0) is 16.6 Å². The number of sulfonamides is 1. The molecule has 5 nitrogen and oxygen atoms in total. The molecule has 0 bridgehead atoms. The number of rotatable bonds is 7. The lowest BCUT2D eigenvalue weighted by Gasteiger charge is -2.12. The Morgan fingerprint density at radius 3 is 2.56 bits per heavy atom. The molecule has 18 heavy (non-hydrogen) atoms. The highest BCUT2D eigenvalue weighted by Crippen LogP contribution is 2.22. The Balaban J connectivity index is 3.10. The summed E-state index contributed by atoms with van der Waals surface area (Å²) in [7, 11) is -0.204. The van der Waals surface area contributed by atoms with Crippen molar-refractivity contribution in [2.24, 2.45) is 0 Å². The second kappa shape index (κ2) is 6.72. The number of hydrogen-bond donors (Lipinski definition) is 2. The van der Waals surface area contributed by atoms with Gasteiger partial charge in [-0.15, -0.1) is 0 Å². The van der Waals surface area contributed by atoms with Crippen LogP contribution in [0.3, 0.4) is 0 Å². The van der Waals surface area contributed by atoms with Crippen LogP contribution in [-0.4, -0.2) is 29.1 Å². The minimum atomic E-state index is -3.41. The quantitative estimate of drug-likeness (QED) is 0.780. The van der Waals surface area contributed by atoms with E-state index in [1.165, 1.54) is 7.05 Å². The monoisotopic (exact) mass is 272 g/mol. The van der Waals surface area contributed by atoms with Crippen LogP contribution in [0.2, 0.25) is 0 Å². The number of hydrogen-bond acceptors (Lipinski definition) is 4. The highest BCUT2D eigenvalue weighted by molar-refractivity contribution is 7.89. The van der Waals surface area contributed by atoms with E-state index in [4.69, 9.17) is 4.74 Å². The third-order valence-electron chi connectivity index (χ3n) is 2.44. The molecule has 0 aliphatic rings. The fourth-order valence-electron chi connectivity index (χ4n) is 1.52. The van der Waals surface area contributed by atoms with Crippen LogP contribution >= 0.6 is 0 Å². The summed E-state index contributed by atoms with van der Waals surface area (Å²) in [6.45, 7) is 3.21. The molecule has 0 saturated carbocycles. The van der Waals surface area contributed by atoms with E-state index >= 15 is 0 Å². The summed E-state index contributed by atoms with van der Waals surface area (Å²) < 4.78 is 31.3. The van der Waals surface area contributed by atoms with Crippen LogP contribution in [0.1, 0.15) is 18.9 Å². The van der Waals surface area contributed by atoms with Crippen LogP contribution in [0.25, 0.3) is 0 Å². The topological polar surface area (TPSA) is 67.4 Å². The van der Waals surface area contributed by atoms with Gasteiger partial charge >= 0.3 is 0 Å². The molecular weight excluding hydrogens is 252 g/mol. The molecule has 0 unspecified atom stereocenters. The summed E-state index contributed by atoms with van der Waals surface area (Å²) in [6.07, 6.45) is 0.912. The summed E-state index contributed by atoms with van der Waals surface area (Å²) in [5.41, 5.74) is 0.835. The first kappa shape index (κ1) is 14.9. The lowest BCUT2D eigenvalue weighted by atomic mass is 10.2. The van der Waals surface area contributed by atoms with Crippen LogP contribution in [0.4, 0.5) is 0 Å². The lowest BCUT2D eigenvalue weighted by Crippen LogP contribution is -2.19. The Hall–Kier alpha value is -1.11. The summed E-state index contributed by atoms with van der Waals surface area (Å²) in [4.78, 5) is 0.249. The van der Waals surface area contributed by atoms with E-state index in [-0.39, 0.29) is 4.90 Å². The van der Waals surface area contributed by atoms with Gasteiger partial charge in [-0.05, 0) is 38.7 Å². The van der Waals surface area contributed by atoms with Gasteiger partial charge in [-0.3, -0.25) is 0 Å². The summed E-state index contributed by atoms with van der Waals surface area (Å²) >= 11 is 0. The molecule has 0 aromatic heterocycles. The second-order valence-electron chi connectivity index (χ2n) is 3.86. The molecule has 0 aliphatic carbocycles. The Morgan fingerprint density at radius 1 is 1.28 bits per heavy atom. The van der Waals surface area contributed by atoms with Gasteiger partial charge in [-0.2, -0.15) is 0 Å². The van der Waals surface area contributed by atoms with E-state index < -0.39 is 10.0 Å². The Kier molecular flexibility index (Phi) is 5.58. The first-order valence-electron chi connectivity index (χ1n) is 5.89. The predicted octanol–water partition coefficient (Wildman–Crippen LogP) is 1.10. The van der Waals surface area contributed by atoms with Crippen LogP contribution in [0.15, 0.2) is 23.1 Å². The SMILES string of the molecule is CCCOc1ccc(S(=O)(=O)NC)cc1CNC. The third-order valence-corrected chi connectivity index (χ3v) is 3.85. The maximum atomic E-state index is 11.7. The molecule has 1 rings (SSSR count). The number of ether oxygens (including phenoxy) is 1. The van der Waals surface area contributed by atoms with E-state index in [0.29, 0.717) is 13.2 Å². The van der Waals surface area contributed by atoms with Gasteiger partial charge in [0.05, 0.1) is 11.5 Å². The van der Waals surface area contributed by atoms with Crippen molar-refractivity contribution in [3.8, 4) is 5.75 Å². The van der Waals surface area contributed by atoms with Gasteiger partial charge in [0, 0.05) is 12.1 Å². The Labute approximate surface area is 109 Å². The summed E-state index contributed by atoms with van der Waals surface area (Å²) in [6, 6.07) is 4.88. The molecule has 0 aliphatic heterocycles. The van der Waals surface area contributed by atoms with Gasteiger partial charge in [0.15, 0.2) is 0 Å². The molecule has 0 heterocycles. The van der Waals surface area contributed by atoms with Crippen LogP contribution in [0.5, 0.6) is 5.75 Å². The number of nitrogens with one attached hydrogen (secondary N) is 2. The first-order chi connectivity index (χ1) is 8.55. The van der Waals surface area contributed by atoms with Crippen molar-refractivity contribution < 1.29 is 13.2 Å². The van der Waals surface area contributed by atoms with Gasteiger partial charge in [0.1, 0.15) is 5.75 Å². The summed E-state index contributed by atoms with van der Waals surface area (Å²) in [5, 5.41) is 3.00. The van der Waals surface area contributed by atoms with Gasteiger partial charge in [0.2, 0.25) is 10.0 Å². The Morgan fingerprint density at radius 2 is 2.00 bits per heavy atom. The largest absolute Gasteiger partial charge is 0.493 e. The molecule has 0 atom stereocenters. The zero-order valence-electron chi connectivity index (χ0n) is 11.0. The fourth-order valence-corrected chi connectivity index (χ4v) is 2.30.